The molecule has 2 aromatic rings. The molecule has 0 amide bonds. The van der Waals surface area contributed by atoms with Gasteiger partial charge in [0.2, 0.25) is 0 Å². The lowest BCUT2D eigenvalue weighted by Gasteiger charge is -2.25. The summed E-state index contributed by atoms with van der Waals surface area (Å²) in [5, 5.41) is 10.1. The van der Waals surface area contributed by atoms with Gasteiger partial charge in [-0.15, -0.1) is 0 Å². The van der Waals surface area contributed by atoms with E-state index in [0.29, 0.717) is 11.6 Å². The van der Waals surface area contributed by atoms with Gasteiger partial charge in [-0.05, 0) is 25.1 Å². The van der Waals surface area contributed by atoms with Crippen molar-refractivity contribution in [3.8, 4) is 0 Å². The molecule has 0 aliphatic carbocycles. The van der Waals surface area contributed by atoms with Gasteiger partial charge in [-0.25, -0.2) is 0 Å². The number of halogens is 1. The van der Waals surface area contributed by atoms with Gasteiger partial charge in [0, 0.05) is 12.1 Å². The molecule has 0 aliphatic rings. The molecule has 3 nitrogen and oxygen atoms in total. The van der Waals surface area contributed by atoms with Crippen LogP contribution in [-0.4, -0.2) is 11.7 Å². The van der Waals surface area contributed by atoms with Crippen LogP contribution < -0.4 is 4.90 Å². The van der Waals surface area contributed by atoms with E-state index >= 15 is 0 Å². The lowest BCUT2D eigenvalue weighted by Crippen LogP contribution is -2.23. The first-order chi connectivity index (χ1) is 8.76. The molecule has 2 rings (SSSR count). The van der Waals surface area contributed by atoms with E-state index in [9.17, 15) is 5.11 Å². The number of aliphatic hydroxyl groups excluding tert-OH is 1. The maximum Gasteiger partial charge on any atom is 0.123 e. The summed E-state index contributed by atoms with van der Waals surface area (Å²) in [6.45, 7) is 3.45. The Morgan fingerprint density at radius 3 is 2.72 bits per heavy atom. The molecule has 0 atom stereocenters. The fourth-order valence-corrected chi connectivity index (χ4v) is 2.29. The number of rotatable bonds is 5. The Kier molecular flexibility index (Phi) is 4.28. The van der Waals surface area contributed by atoms with Gasteiger partial charge < -0.3 is 14.4 Å². The Balaban J connectivity index is 2.32. The zero-order chi connectivity index (χ0) is 13.0. The molecule has 0 saturated carbocycles. The third-order valence-corrected chi connectivity index (χ3v) is 3.17. The molecular formula is C14H16ClNO2. The quantitative estimate of drug-likeness (QED) is 0.900. The standard InChI is InChI=1S/C14H16ClNO2/c1-2-16(9-12-6-4-8-18-12)14-11(10-17)5-3-7-13(14)15/h3-8,17H,2,9-10H2,1H3. The van der Waals surface area contributed by atoms with E-state index in [0.717, 1.165) is 23.6 Å². The highest BCUT2D eigenvalue weighted by Gasteiger charge is 2.14. The SMILES string of the molecule is CCN(Cc1ccco1)c1c(Cl)cccc1CO. The van der Waals surface area contributed by atoms with Gasteiger partial charge >= 0.3 is 0 Å². The van der Waals surface area contributed by atoms with Crippen LogP contribution in [0.1, 0.15) is 18.2 Å². The van der Waals surface area contributed by atoms with Gasteiger partial charge in [0.15, 0.2) is 0 Å². The van der Waals surface area contributed by atoms with E-state index in [4.69, 9.17) is 16.0 Å². The number of benzene rings is 1. The smallest absolute Gasteiger partial charge is 0.123 e. The molecule has 0 fully saturated rings. The number of para-hydroxylation sites is 1. The van der Waals surface area contributed by atoms with E-state index in [1.165, 1.54) is 0 Å². The van der Waals surface area contributed by atoms with E-state index in [2.05, 4.69) is 4.90 Å². The fraction of sp³-hybridized carbons (Fsp3) is 0.286. The second-order valence-electron chi connectivity index (χ2n) is 4.00. The normalized spacial score (nSPS) is 10.6. The average molecular weight is 266 g/mol. The first-order valence-electron chi connectivity index (χ1n) is 5.91. The second kappa shape index (κ2) is 5.94. The summed E-state index contributed by atoms with van der Waals surface area (Å²) >= 11 is 6.24. The highest BCUT2D eigenvalue weighted by atomic mass is 35.5. The highest BCUT2D eigenvalue weighted by Crippen LogP contribution is 2.31. The third-order valence-electron chi connectivity index (χ3n) is 2.87. The van der Waals surface area contributed by atoms with Gasteiger partial charge in [-0.2, -0.15) is 0 Å². The molecule has 0 unspecified atom stereocenters. The Morgan fingerprint density at radius 1 is 1.28 bits per heavy atom. The number of aliphatic hydroxyl groups is 1. The predicted octanol–water partition coefficient (Wildman–Crippen LogP) is 3.45. The third kappa shape index (κ3) is 2.68. The van der Waals surface area contributed by atoms with Crippen LogP contribution in [0.5, 0.6) is 0 Å². The lowest BCUT2D eigenvalue weighted by molar-refractivity contribution is 0.282. The van der Waals surface area contributed by atoms with Crippen LogP contribution in [0, 0.1) is 0 Å². The minimum Gasteiger partial charge on any atom is -0.467 e. The van der Waals surface area contributed by atoms with Gasteiger partial charge in [-0.1, -0.05) is 23.7 Å². The first-order valence-corrected chi connectivity index (χ1v) is 6.29. The summed E-state index contributed by atoms with van der Waals surface area (Å²) in [7, 11) is 0. The molecule has 4 heteroatoms. The molecule has 1 aromatic heterocycles. The monoisotopic (exact) mass is 265 g/mol. The Morgan fingerprint density at radius 2 is 2.11 bits per heavy atom. The van der Waals surface area contributed by atoms with Crippen LogP contribution in [0.4, 0.5) is 5.69 Å². The van der Waals surface area contributed by atoms with Crippen molar-refractivity contribution >= 4 is 17.3 Å². The van der Waals surface area contributed by atoms with Crippen molar-refractivity contribution in [2.24, 2.45) is 0 Å². The summed E-state index contributed by atoms with van der Waals surface area (Å²) < 4.78 is 5.35. The zero-order valence-electron chi connectivity index (χ0n) is 10.3. The summed E-state index contributed by atoms with van der Waals surface area (Å²) in [5.74, 6) is 0.876. The molecular weight excluding hydrogens is 250 g/mol. The number of nitrogens with zero attached hydrogens (tertiary/aromatic N) is 1. The molecule has 0 spiro atoms. The number of furan rings is 1. The fourth-order valence-electron chi connectivity index (χ4n) is 1.98. The molecule has 1 heterocycles. The Labute approximate surface area is 112 Å². The maximum atomic E-state index is 9.40. The largest absolute Gasteiger partial charge is 0.467 e. The van der Waals surface area contributed by atoms with Crippen LogP contribution in [0.3, 0.4) is 0 Å². The first kappa shape index (κ1) is 13.0. The predicted molar refractivity (Wildman–Crippen MR) is 72.8 cm³/mol. The van der Waals surface area contributed by atoms with Crippen molar-refractivity contribution in [1.29, 1.82) is 0 Å². The van der Waals surface area contributed by atoms with Crippen molar-refractivity contribution < 1.29 is 9.52 Å². The van der Waals surface area contributed by atoms with Crippen LogP contribution in [0.25, 0.3) is 0 Å². The van der Waals surface area contributed by atoms with E-state index in [-0.39, 0.29) is 6.61 Å². The van der Waals surface area contributed by atoms with Crippen LogP contribution in [0.15, 0.2) is 41.0 Å². The van der Waals surface area contributed by atoms with E-state index in [1.807, 2.05) is 37.3 Å². The topological polar surface area (TPSA) is 36.6 Å². The van der Waals surface area contributed by atoms with Crippen LogP contribution in [-0.2, 0) is 13.2 Å². The molecule has 96 valence electrons. The molecule has 0 saturated heterocycles. The highest BCUT2D eigenvalue weighted by molar-refractivity contribution is 6.33. The van der Waals surface area contributed by atoms with E-state index < -0.39 is 0 Å². The number of hydrogen-bond acceptors (Lipinski definition) is 3. The van der Waals surface area contributed by atoms with Crippen LogP contribution in [0.2, 0.25) is 5.02 Å². The average Bonchev–Trinajstić information content (AvgIpc) is 2.89. The van der Waals surface area contributed by atoms with Gasteiger partial charge in [0.1, 0.15) is 5.76 Å². The molecule has 1 aromatic carbocycles. The maximum absolute atomic E-state index is 9.40. The summed E-state index contributed by atoms with van der Waals surface area (Å²) in [6, 6.07) is 9.35. The molecule has 18 heavy (non-hydrogen) atoms. The van der Waals surface area contributed by atoms with Crippen molar-refractivity contribution in [3.05, 3.63) is 52.9 Å². The zero-order valence-corrected chi connectivity index (χ0v) is 11.0. The van der Waals surface area contributed by atoms with Crippen molar-refractivity contribution in [1.82, 2.24) is 0 Å². The lowest BCUT2D eigenvalue weighted by atomic mass is 10.1. The molecule has 0 aliphatic heterocycles. The second-order valence-corrected chi connectivity index (χ2v) is 4.41. The molecule has 0 bridgehead atoms. The molecule has 0 radical (unpaired) electrons. The Bertz CT molecular complexity index is 497. The summed E-state index contributed by atoms with van der Waals surface area (Å²) in [6.07, 6.45) is 1.66. The van der Waals surface area contributed by atoms with Crippen molar-refractivity contribution in [2.75, 3.05) is 11.4 Å². The number of anilines is 1. The van der Waals surface area contributed by atoms with E-state index in [1.54, 1.807) is 6.26 Å². The minimum absolute atomic E-state index is 0.0233. The summed E-state index contributed by atoms with van der Waals surface area (Å²) in [4.78, 5) is 2.09. The van der Waals surface area contributed by atoms with Gasteiger partial charge in [-0.3, -0.25) is 0 Å². The van der Waals surface area contributed by atoms with Gasteiger partial charge in [0.25, 0.3) is 0 Å². The van der Waals surface area contributed by atoms with Crippen molar-refractivity contribution in [3.63, 3.8) is 0 Å². The van der Waals surface area contributed by atoms with Gasteiger partial charge in [0.05, 0.1) is 30.1 Å². The minimum atomic E-state index is -0.0233. The molecule has 1 N–H and O–H groups in total. The summed E-state index contributed by atoms with van der Waals surface area (Å²) in [5.41, 5.74) is 1.71. The van der Waals surface area contributed by atoms with Crippen molar-refractivity contribution in [2.45, 2.75) is 20.1 Å². The number of hydrogen-bond donors (Lipinski definition) is 1. The Hall–Kier alpha value is -1.45. The van der Waals surface area contributed by atoms with Crippen LogP contribution >= 0.6 is 11.6 Å².